The van der Waals surface area contributed by atoms with Gasteiger partial charge in [0.25, 0.3) is 0 Å². The highest BCUT2D eigenvalue weighted by atomic mass is 16.5. The van der Waals surface area contributed by atoms with E-state index in [9.17, 15) is 0 Å². The highest BCUT2D eigenvalue weighted by Crippen LogP contribution is 2.32. The summed E-state index contributed by atoms with van der Waals surface area (Å²) in [6.07, 6.45) is 0.940. The van der Waals surface area contributed by atoms with Gasteiger partial charge in [-0.3, -0.25) is 5.10 Å². The molecule has 0 aromatic carbocycles. The van der Waals surface area contributed by atoms with E-state index >= 15 is 0 Å². The summed E-state index contributed by atoms with van der Waals surface area (Å²) in [4.78, 5) is 4.36. The van der Waals surface area contributed by atoms with Crippen molar-refractivity contribution in [2.45, 2.75) is 26.4 Å². The zero-order chi connectivity index (χ0) is 13.9. The molecule has 1 aliphatic rings. The van der Waals surface area contributed by atoms with Gasteiger partial charge in [0.1, 0.15) is 17.7 Å². The number of aromatic amines is 1. The molecule has 2 N–H and O–H groups in total. The first-order chi connectivity index (χ1) is 9.72. The number of aromatic nitrogens is 5. The fourth-order valence-corrected chi connectivity index (χ4v) is 2.34. The highest BCUT2D eigenvalue weighted by Gasteiger charge is 2.32. The summed E-state index contributed by atoms with van der Waals surface area (Å²) in [5, 5.41) is 18.5. The molecule has 106 valence electrons. The fourth-order valence-electron chi connectivity index (χ4n) is 2.34. The number of rotatable bonds is 4. The van der Waals surface area contributed by atoms with E-state index in [1.54, 1.807) is 0 Å². The van der Waals surface area contributed by atoms with E-state index in [4.69, 9.17) is 4.74 Å². The van der Waals surface area contributed by atoms with Gasteiger partial charge < -0.3 is 10.1 Å². The first-order valence-corrected chi connectivity index (χ1v) is 6.77. The number of H-pyrrole nitrogens is 1. The summed E-state index contributed by atoms with van der Waals surface area (Å²) < 4.78 is 5.75. The zero-order valence-electron chi connectivity index (χ0n) is 11.6. The van der Waals surface area contributed by atoms with Crippen LogP contribution in [0.3, 0.4) is 0 Å². The number of hydrogen-bond acceptors (Lipinski definition) is 6. The van der Waals surface area contributed by atoms with Crippen molar-refractivity contribution in [1.82, 2.24) is 25.4 Å². The lowest BCUT2D eigenvalue weighted by atomic mass is 10.0. The van der Waals surface area contributed by atoms with Crippen molar-refractivity contribution in [2.75, 3.05) is 18.5 Å². The standard InChI is InChI=1S/C13H18N6O/c1-8-3-4-11(18-16-8)14-7-10-5-6-20-12(10)13-15-9(2)17-19-13/h3-4,10,12H,5-7H2,1-2H3,(H,14,18)(H,15,17,19)/t10-,12-/m0/s1. The quantitative estimate of drug-likeness (QED) is 0.876. The van der Waals surface area contributed by atoms with E-state index in [0.717, 1.165) is 42.7 Å². The van der Waals surface area contributed by atoms with E-state index in [2.05, 4.69) is 30.7 Å². The first-order valence-electron chi connectivity index (χ1n) is 6.77. The van der Waals surface area contributed by atoms with Gasteiger partial charge in [0, 0.05) is 19.1 Å². The third kappa shape index (κ3) is 2.77. The van der Waals surface area contributed by atoms with Crippen LogP contribution in [0.1, 0.15) is 29.9 Å². The molecule has 2 aromatic heterocycles. The Labute approximate surface area is 117 Å². The van der Waals surface area contributed by atoms with Crippen molar-refractivity contribution in [3.63, 3.8) is 0 Å². The molecular formula is C13H18N6O. The third-order valence-corrected chi connectivity index (χ3v) is 3.43. The number of hydrogen-bond donors (Lipinski definition) is 2. The smallest absolute Gasteiger partial charge is 0.179 e. The van der Waals surface area contributed by atoms with Gasteiger partial charge in [-0.2, -0.15) is 10.2 Å². The number of aryl methyl sites for hydroxylation is 2. The first kappa shape index (κ1) is 13.0. The van der Waals surface area contributed by atoms with Crippen LogP contribution in [0.5, 0.6) is 0 Å². The molecular weight excluding hydrogens is 256 g/mol. The lowest BCUT2D eigenvalue weighted by Gasteiger charge is -2.16. The van der Waals surface area contributed by atoms with Crippen LogP contribution in [0.25, 0.3) is 0 Å². The highest BCUT2D eigenvalue weighted by molar-refractivity contribution is 5.32. The van der Waals surface area contributed by atoms with Gasteiger partial charge in [-0.05, 0) is 32.4 Å². The molecule has 0 saturated carbocycles. The van der Waals surface area contributed by atoms with E-state index in [-0.39, 0.29) is 6.10 Å². The molecule has 1 aliphatic heterocycles. The monoisotopic (exact) mass is 274 g/mol. The predicted molar refractivity (Wildman–Crippen MR) is 73.2 cm³/mol. The molecule has 0 unspecified atom stereocenters. The Balaban J connectivity index is 1.63. The maximum Gasteiger partial charge on any atom is 0.179 e. The van der Waals surface area contributed by atoms with Gasteiger partial charge in [0.05, 0.1) is 5.69 Å². The topological polar surface area (TPSA) is 88.6 Å². The second kappa shape index (κ2) is 5.54. The Morgan fingerprint density at radius 2 is 2.25 bits per heavy atom. The van der Waals surface area contributed by atoms with Crippen molar-refractivity contribution in [3.8, 4) is 0 Å². The van der Waals surface area contributed by atoms with Crippen LogP contribution in [0.4, 0.5) is 5.82 Å². The van der Waals surface area contributed by atoms with Crippen molar-refractivity contribution < 1.29 is 4.74 Å². The van der Waals surface area contributed by atoms with Crippen molar-refractivity contribution >= 4 is 5.82 Å². The Hall–Kier alpha value is -2.02. The van der Waals surface area contributed by atoms with Gasteiger partial charge in [0.2, 0.25) is 0 Å². The molecule has 2 aromatic rings. The maximum absolute atomic E-state index is 5.75. The third-order valence-electron chi connectivity index (χ3n) is 3.43. The van der Waals surface area contributed by atoms with Crippen LogP contribution in [-0.2, 0) is 4.74 Å². The molecule has 0 spiro atoms. The van der Waals surface area contributed by atoms with Crippen LogP contribution < -0.4 is 5.32 Å². The molecule has 3 heterocycles. The maximum atomic E-state index is 5.75. The predicted octanol–water partition coefficient (Wildman–Crippen LogP) is 1.40. The van der Waals surface area contributed by atoms with Gasteiger partial charge in [-0.15, -0.1) is 5.10 Å². The van der Waals surface area contributed by atoms with Crippen LogP contribution in [-0.4, -0.2) is 38.5 Å². The lowest BCUT2D eigenvalue weighted by Crippen LogP contribution is -2.19. The van der Waals surface area contributed by atoms with Crippen LogP contribution in [0.2, 0.25) is 0 Å². The number of nitrogens with zero attached hydrogens (tertiary/aromatic N) is 4. The van der Waals surface area contributed by atoms with E-state index in [0.29, 0.717) is 5.92 Å². The van der Waals surface area contributed by atoms with Crippen molar-refractivity contribution in [3.05, 3.63) is 29.5 Å². The van der Waals surface area contributed by atoms with Crippen LogP contribution >= 0.6 is 0 Å². The largest absolute Gasteiger partial charge is 0.370 e. The van der Waals surface area contributed by atoms with Gasteiger partial charge in [0.15, 0.2) is 5.82 Å². The number of ether oxygens (including phenoxy) is 1. The van der Waals surface area contributed by atoms with Gasteiger partial charge in [-0.25, -0.2) is 4.98 Å². The van der Waals surface area contributed by atoms with E-state index in [1.165, 1.54) is 0 Å². The molecule has 0 aliphatic carbocycles. The molecule has 20 heavy (non-hydrogen) atoms. The molecule has 0 radical (unpaired) electrons. The minimum Gasteiger partial charge on any atom is -0.370 e. The van der Waals surface area contributed by atoms with Crippen molar-refractivity contribution in [1.29, 1.82) is 0 Å². The summed E-state index contributed by atoms with van der Waals surface area (Å²) in [6.45, 7) is 5.32. The lowest BCUT2D eigenvalue weighted by molar-refractivity contribution is 0.0863. The van der Waals surface area contributed by atoms with Gasteiger partial charge >= 0.3 is 0 Å². The molecule has 2 atom stereocenters. The minimum atomic E-state index is -0.0501. The molecule has 0 bridgehead atoms. The Morgan fingerprint density at radius 3 is 2.95 bits per heavy atom. The number of nitrogens with one attached hydrogen (secondary N) is 2. The number of anilines is 1. The second-order valence-corrected chi connectivity index (χ2v) is 5.06. The Morgan fingerprint density at radius 1 is 1.35 bits per heavy atom. The van der Waals surface area contributed by atoms with E-state index in [1.807, 2.05) is 26.0 Å². The van der Waals surface area contributed by atoms with Crippen molar-refractivity contribution in [2.24, 2.45) is 5.92 Å². The minimum absolute atomic E-state index is 0.0501. The molecule has 1 fully saturated rings. The Kier molecular flexibility index (Phi) is 3.60. The normalized spacial score (nSPS) is 22.1. The summed E-state index contributed by atoms with van der Waals surface area (Å²) in [5.74, 6) is 2.68. The second-order valence-electron chi connectivity index (χ2n) is 5.06. The summed E-state index contributed by atoms with van der Waals surface area (Å²) in [6, 6.07) is 3.88. The summed E-state index contributed by atoms with van der Waals surface area (Å²) >= 11 is 0. The zero-order valence-corrected chi connectivity index (χ0v) is 11.6. The van der Waals surface area contributed by atoms with Gasteiger partial charge in [-0.1, -0.05) is 0 Å². The molecule has 7 nitrogen and oxygen atoms in total. The van der Waals surface area contributed by atoms with Crippen LogP contribution in [0.15, 0.2) is 12.1 Å². The summed E-state index contributed by atoms with van der Waals surface area (Å²) in [5.41, 5.74) is 0.911. The molecule has 1 saturated heterocycles. The summed E-state index contributed by atoms with van der Waals surface area (Å²) in [7, 11) is 0. The fraction of sp³-hybridized carbons (Fsp3) is 0.538. The SMILES string of the molecule is Cc1ccc(NC[C@@H]2CCO[C@@H]2c2n[nH]c(C)n2)nn1. The average Bonchev–Trinajstić information content (AvgIpc) is 3.06. The molecule has 3 rings (SSSR count). The van der Waals surface area contributed by atoms with E-state index < -0.39 is 0 Å². The Bertz CT molecular complexity index is 566. The molecule has 7 heteroatoms. The van der Waals surface area contributed by atoms with Crippen LogP contribution in [0, 0.1) is 19.8 Å². The molecule has 0 amide bonds. The average molecular weight is 274 g/mol.